The molecule has 25 heavy (non-hydrogen) atoms. The molecule has 0 saturated carbocycles. The number of hydrogen-bond acceptors (Lipinski definition) is 1. The highest BCUT2D eigenvalue weighted by Crippen LogP contribution is 2.21. The SMILES string of the molecule is Cc1ccc[n+](CC(=O)NC(c2ccccc2)c2ccccc2)c1C. The van der Waals surface area contributed by atoms with Gasteiger partial charge in [-0.3, -0.25) is 4.79 Å². The molecule has 0 radical (unpaired) electrons. The third-order valence-electron chi connectivity index (χ3n) is 4.50. The van der Waals surface area contributed by atoms with Crippen molar-refractivity contribution < 1.29 is 9.36 Å². The van der Waals surface area contributed by atoms with Crippen molar-refractivity contribution in [2.75, 3.05) is 0 Å². The molecule has 0 saturated heterocycles. The number of aryl methyl sites for hydroxylation is 1. The number of aromatic nitrogens is 1. The Kier molecular flexibility index (Phi) is 5.24. The number of carbonyl (C=O) groups excluding carboxylic acids is 1. The van der Waals surface area contributed by atoms with Gasteiger partial charge in [-0.25, -0.2) is 0 Å². The van der Waals surface area contributed by atoms with Crippen LogP contribution in [0.15, 0.2) is 79.0 Å². The van der Waals surface area contributed by atoms with Crippen LogP contribution in [0.25, 0.3) is 0 Å². The Hall–Kier alpha value is -2.94. The van der Waals surface area contributed by atoms with Crippen LogP contribution in [0.3, 0.4) is 0 Å². The molecule has 0 spiro atoms. The fourth-order valence-corrected chi connectivity index (χ4v) is 2.93. The molecule has 3 nitrogen and oxygen atoms in total. The zero-order valence-corrected chi connectivity index (χ0v) is 14.6. The Morgan fingerprint density at radius 3 is 2.00 bits per heavy atom. The highest BCUT2D eigenvalue weighted by molar-refractivity contribution is 5.75. The van der Waals surface area contributed by atoms with Crippen molar-refractivity contribution in [3.63, 3.8) is 0 Å². The van der Waals surface area contributed by atoms with E-state index in [2.05, 4.69) is 18.3 Å². The fourth-order valence-electron chi connectivity index (χ4n) is 2.93. The Balaban J connectivity index is 1.83. The number of nitrogens with zero attached hydrogens (tertiary/aromatic N) is 1. The summed E-state index contributed by atoms with van der Waals surface area (Å²) in [7, 11) is 0. The maximum Gasteiger partial charge on any atom is 0.286 e. The molecule has 1 N–H and O–H groups in total. The van der Waals surface area contributed by atoms with Crippen LogP contribution in [0.5, 0.6) is 0 Å². The predicted molar refractivity (Wildman–Crippen MR) is 99.0 cm³/mol. The standard InChI is InChI=1S/C22H22N2O/c1-17-10-9-15-24(18(17)2)16-21(25)23-22(19-11-5-3-6-12-19)20-13-7-4-8-14-20/h3-15,22H,16H2,1-2H3/p+1. The lowest BCUT2D eigenvalue weighted by Crippen LogP contribution is -2.46. The lowest BCUT2D eigenvalue weighted by molar-refractivity contribution is -0.690. The summed E-state index contributed by atoms with van der Waals surface area (Å²) in [6, 6.07) is 24.0. The molecule has 126 valence electrons. The molecule has 0 aliphatic heterocycles. The fraction of sp³-hybridized carbons (Fsp3) is 0.182. The summed E-state index contributed by atoms with van der Waals surface area (Å²) in [5.41, 5.74) is 4.44. The zero-order chi connectivity index (χ0) is 17.6. The van der Waals surface area contributed by atoms with Crippen LogP contribution in [0.2, 0.25) is 0 Å². The van der Waals surface area contributed by atoms with E-state index in [9.17, 15) is 4.79 Å². The first-order valence-corrected chi connectivity index (χ1v) is 8.50. The van der Waals surface area contributed by atoms with E-state index >= 15 is 0 Å². The molecule has 1 heterocycles. The zero-order valence-electron chi connectivity index (χ0n) is 14.6. The minimum absolute atomic E-state index is 0.00333. The third-order valence-corrected chi connectivity index (χ3v) is 4.50. The van der Waals surface area contributed by atoms with E-state index in [1.807, 2.05) is 84.4 Å². The second kappa shape index (κ2) is 7.75. The monoisotopic (exact) mass is 331 g/mol. The van der Waals surface area contributed by atoms with Gasteiger partial charge < -0.3 is 5.32 Å². The van der Waals surface area contributed by atoms with Crippen LogP contribution in [0.1, 0.15) is 28.4 Å². The molecule has 0 unspecified atom stereocenters. The van der Waals surface area contributed by atoms with Crippen LogP contribution in [0.4, 0.5) is 0 Å². The van der Waals surface area contributed by atoms with Gasteiger partial charge >= 0.3 is 0 Å². The van der Waals surface area contributed by atoms with Crippen molar-refractivity contribution in [3.05, 3.63) is 101 Å². The molecule has 1 amide bonds. The van der Waals surface area contributed by atoms with E-state index in [0.717, 1.165) is 16.8 Å². The van der Waals surface area contributed by atoms with E-state index in [1.54, 1.807) is 0 Å². The average Bonchev–Trinajstić information content (AvgIpc) is 2.65. The maximum atomic E-state index is 12.7. The van der Waals surface area contributed by atoms with Crippen LogP contribution in [0, 0.1) is 13.8 Å². The van der Waals surface area contributed by atoms with Gasteiger partial charge in [0.25, 0.3) is 5.91 Å². The van der Waals surface area contributed by atoms with Gasteiger partial charge in [-0.15, -0.1) is 0 Å². The smallest absolute Gasteiger partial charge is 0.286 e. The van der Waals surface area contributed by atoms with Crippen molar-refractivity contribution in [3.8, 4) is 0 Å². The molecule has 3 aromatic rings. The average molecular weight is 331 g/mol. The Morgan fingerprint density at radius 1 is 0.880 bits per heavy atom. The summed E-state index contributed by atoms with van der Waals surface area (Å²) >= 11 is 0. The molecule has 0 fully saturated rings. The van der Waals surface area contributed by atoms with E-state index in [4.69, 9.17) is 0 Å². The van der Waals surface area contributed by atoms with Gasteiger partial charge in [0.1, 0.15) is 0 Å². The van der Waals surface area contributed by atoms with E-state index < -0.39 is 0 Å². The van der Waals surface area contributed by atoms with Gasteiger partial charge in [-0.05, 0) is 24.1 Å². The van der Waals surface area contributed by atoms with Crippen LogP contribution in [-0.2, 0) is 11.3 Å². The highest BCUT2D eigenvalue weighted by Gasteiger charge is 2.20. The van der Waals surface area contributed by atoms with Crippen LogP contribution in [-0.4, -0.2) is 5.91 Å². The number of benzene rings is 2. The Bertz CT molecular complexity index is 805. The number of nitrogens with one attached hydrogen (secondary N) is 1. The van der Waals surface area contributed by atoms with Gasteiger partial charge in [0.2, 0.25) is 6.54 Å². The lowest BCUT2D eigenvalue weighted by atomic mass is 9.99. The number of rotatable bonds is 5. The van der Waals surface area contributed by atoms with Crippen molar-refractivity contribution in [1.82, 2.24) is 5.32 Å². The first kappa shape index (κ1) is 16.9. The largest absolute Gasteiger partial charge is 0.340 e. The molecule has 0 bridgehead atoms. The van der Waals surface area contributed by atoms with E-state index in [-0.39, 0.29) is 11.9 Å². The minimum atomic E-state index is -0.152. The molecule has 0 aliphatic carbocycles. The summed E-state index contributed by atoms with van der Waals surface area (Å²) in [6.07, 6.45) is 1.95. The first-order valence-electron chi connectivity index (χ1n) is 8.50. The predicted octanol–water partition coefficient (Wildman–Crippen LogP) is 3.50. The lowest BCUT2D eigenvalue weighted by Gasteiger charge is -2.19. The first-order chi connectivity index (χ1) is 12.1. The summed E-state index contributed by atoms with van der Waals surface area (Å²) in [4.78, 5) is 12.7. The molecular formula is C22H23N2O+. The van der Waals surface area contributed by atoms with E-state index in [1.165, 1.54) is 5.56 Å². The molecule has 2 aromatic carbocycles. The number of amides is 1. The van der Waals surface area contributed by atoms with Crippen LogP contribution < -0.4 is 9.88 Å². The van der Waals surface area contributed by atoms with Gasteiger partial charge in [0.15, 0.2) is 11.9 Å². The minimum Gasteiger partial charge on any atom is -0.340 e. The Labute approximate surface area is 149 Å². The highest BCUT2D eigenvalue weighted by atomic mass is 16.2. The van der Waals surface area contributed by atoms with Gasteiger partial charge in [-0.2, -0.15) is 4.57 Å². The second-order valence-electron chi connectivity index (χ2n) is 6.23. The molecular weight excluding hydrogens is 308 g/mol. The molecule has 0 atom stereocenters. The van der Waals surface area contributed by atoms with Crippen LogP contribution >= 0.6 is 0 Å². The summed E-state index contributed by atoms with van der Waals surface area (Å²) in [5.74, 6) is -0.00333. The van der Waals surface area contributed by atoms with Crippen molar-refractivity contribution in [2.45, 2.75) is 26.4 Å². The number of pyridine rings is 1. The molecule has 3 heteroatoms. The Morgan fingerprint density at radius 2 is 1.44 bits per heavy atom. The second-order valence-corrected chi connectivity index (χ2v) is 6.23. The quantitative estimate of drug-likeness (QED) is 0.713. The van der Waals surface area contributed by atoms with Crippen molar-refractivity contribution in [1.29, 1.82) is 0 Å². The van der Waals surface area contributed by atoms with Gasteiger partial charge in [0, 0.05) is 18.6 Å². The van der Waals surface area contributed by atoms with Crippen molar-refractivity contribution >= 4 is 5.91 Å². The molecule has 1 aromatic heterocycles. The number of hydrogen-bond donors (Lipinski definition) is 1. The third kappa shape index (κ3) is 4.13. The summed E-state index contributed by atoms with van der Waals surface area (Å²) in [6.45, 7) is 4.40. The van der Waals surface area contributed by atoms with Gasteiger partial charge in [0.05, 0.1) is 6.04 Å². The van der Waals surface area contributed by atoms with E-state index in [0.29, 0.717) is 6.54 Å². The topological polar surface area (TPSA) is 33.0 Å². The molecule has 0 aliphatic rings. The van der Waals surface area contributed by atoms with Gasteiger partial charge in [-0.1, -0.05) is 60.7 Å². The molecule has 3 rings (SSSR count). The van der Waals surface area contributed by atoms with Crippen molar-refractivity contribution in [2.24, 2.45) is 0 Å². The number of carbonyl (C=O) groups is 1. The summed E-state index contributed by atoms with van der Waals surface area (Å²) < 4.78 is 1.98. The summed E-state index contributed by atoms with van der Waals surface area (Å²) in [5, 5.41) is 3.18. The maximum absolute atomic E-state index is 12.7. The normalized spacial score (nSPS) is 10.7.